The summed E-state index contributed by atoms with van der Waals surface area (Å²) in [6, 6.07) is 17.7. The molecule has 0 spiro atoms. The van der Waals surface area contributed by atoms with Crippen LogP contribution in [0.5, 0.6) is 11.5 Å². The molecule has 0 radical (unpaired) electrons. The lowest BCUT2D eigenvalue weighted by molar-refractivity contribution is 0.391. The summed E-state index contributed by atoms with van der Waals surface area (Å²) < 4.78 is 11.6. The third-order valence-electron chi connectivity index (χ3n) is 6.46. The minimum atomic E-state index is 0.850. The fourth-order valence-electron chi connectivity index (χ4n) is 5.11. The number of hydrogen-bond donors (Lipinski definition) is 0. The minimum Gasteiger partial charge on any atom is -0.497 e. The Labute approximate surface area is 201 Å². The Morgan fingerprint density at radius 2 is 1.27 bits per heavy atom. The van der Waals surface area contributed by atoms with Crippen molar-refractivity contribution in [2.45, 2.75) is 72.6 Å². The largest absolute Gasteiger partial charge is 0.497 e. The monoisotopic (exact) mass is 444 g/mol. The number of methoxy groups -OCH3 is 2. The lowest BCUT2D eigenvalue weighted by atomic mass is 9.79. The van der Waals surface area contributed by atoms with Gasteiger partial charge in [-0.3, -0.25) is 0 Å². The zero-order valence-electron chi connectivity index (χ0n) is 21.4. The van der Waals surface area contributed by atoms with Gasteiger partial charge in [-0.05, 0) is 70.7 Å². The van der Waals surface area contributed by atoms with Crippen molar-refractivity contribution in [2.75, 3.05) is 14.2 Å². The van der Waals surface area contributed by atoms with Crippen LogP contribution >= 0.6 is 0 Å². The van der Waals surface area contributed by atoms with E-state index in [-0.39, 0.29) is 0 Å². The van der Waals surface area contributed by atoms with Gasteiger partial charge < -0.3 is 9.47 Å². The molecule has 0 aromatic heterocycles. The molecule has 0 aliphatic rings. The molecule has 2 nitrogen and oxygen atoms in total. The Hall–Kier alpha value is -2.74. The van der Waals surface area contributed by atoms with Crippen LogP contribution in [-0.2, 0) is 25.7 Å². The molecular formula is C31H40O2. The molecular weight excluding hydrogens is 404 g/mol. The average molecular weight is 445 g/mol. The first kappa shape index (κ1) is 24.9. The molecule has 0 atom stereocenters. The highest BCUT2D eigenvalue weighted by molar-refractivity contribution is 5.86. The van der Waals surface area contributed by atoms with Crippen LogP contribution in [0, 0.1) is 0 Å². The predicted molar refractivity (Wildman–Crippen MR) is 142 cm³/mol. The van der Waals surface area contributed by atoms with Crippen LogP contribution in [0.1, 0.15) is 69.2 Å². The van der Waals surface area contributed by atoms with Crippen molar-refractivity contribution in [3.05, 3.63) is 70.8 Å². The van der Waals surface area contributed by atoms with E-state index < -0.39 is 0 Å². The molecule has 3 rings (SSSR count). The summed E-state index contributed by atoms with van der Waals surface area (Å²) in [5.74, 6) is 1.76. The first-order valence-corrected chi connectivity index (χ1v) is 12.6. The van der Waals surface area contributed by atoms with E-state index in [2.05, 4.69) is 70.2 Å². The lowest BCUT2D eigenvalue weighted by Gasteiger charge is -2.25. The highest BCUT2D eigenvalue weighted by atomic mass is 16.5. The maximum atomic E-state index is 5.84. The Kier molecular flexibility index (Phi) is 9.00. The van der Waals surface area contributed by atoms with Crippen LogP contribution in [0.3, 0.4) is 0 Å². The molecule has 3 aromatic carbocycles. The van der Waals surface area contributed by atoms with Crippen molar-refractivity contribution in [3.63, 3.8) is 0 Å². The third-order valence-corrected chi connectivity index (χ3v) is 6.46. The molecule has 33 heavy (non-hydrogen) atoms. The van der Waals surface area contributed by atoms with Crippen molar-refractivity contribution in [2.24, 2.45) is 0 Å². The Bertz CT molecular complexity index is 1050. The molecule has 0 aliphatic carbocycles. The van der Waals surface area contributed by atoms with E-state index in [1.54, 1.807) is 14.2 Å². The quantitative estimate of drug-likeness (QED) is 0.295. The van der Waals surface area contributed by atoms with Crippen molar-refractivity contribution < 1.29 is 9.47 Å². The van der Waals surface area contributed by atoms with Gasteiger partial charge in [-0.25, -0.2) is 0 Å². The van der Waals surface area contributed by atoms with Gasteiger partial charge in [0.25, 0.3) is 0 Å². The smallest absolute Gasteiger partial charge is 0.126 e. The molecule has 2 heteroatoms. The van der Waals surface area contributed by atoms with E-state index in [1.165, 1.54) is 44.5 Å². The predicted octanol–water partition coefficient (Wildman–Crippen LogP) is 8.46. The molecule has 0 aliphatic heterocycles. The maximum absolute atomic E-state index is 5.84. The van der Waals surface area contributed by atoms with Crippen molar-refractivity contribution >= 4 is 0 Å². The van der Waals surface area contributed by atoms with E-state index >= 15 is 0 Å². The van der Waals surface area contributed by atoms with Crippen LogP contribution in [0.2, 0.25) is 0 Å². The molecule has 0 saturated heterocycles. The van der Waals surface area contributed by atoms with E-state index in [0.717, 1.165) is 56.4 Å². The first-order valence-electron chi connectivity index (χ1n) is 12.6. The van der Waals surface area contributed by atoms with Crippen LogP contribution in [0.4, 0.5) is 0 Å². The van der Waals surface area contributed by atoms with E-state index in [1.807, 2.05) is 6.07 Å². The van der Waals surface area contributed by atoms with Gasteiger partial charge in [0, 0.05) is 11.6 Å². The molecule has 0 fully saturated rings. The number of rotatable bonds is 11. The molecule has 0 N–H and O–H groups in total. The summed E-state index contributed by atoms with van der Waals surface area (Å²) in [5.41, 5.74) is 11.1. The third kappa shape index (κ3) is 5.27. The van der Waals surface area contributed by atoms with Crippen LogP contribution in [0.25, 0.3) is 22.3 Å². The average Bonchev–Trinajstić information content (AvgIpc) is 2.84. The number of ether oxygens (including phenoxy) is 2. The molecule has 176 valence electrons. The Morgan fingerprint density at radius 3 is 1.82 bits per heavy atom. The number of benzene rings is 3. The fourth-order valence-corrected chi connectivity index (χ4v) is 5.11. The standard InChI is InChI=1S/C31H40O2/c1-7-14-23-19-24(15-8-2)31(27(16-9-3)30(23)22-17-12-11-13-18-22)28-20-25(32-5)21-29(33-6)26(28)10-4/h11-13,17-21H,7-10,14-16H2,1-6H3. The zero-order chi connectivity index (χ0) is 23.8. The van der Waals surface area contributed by atoms with Crippen molar-refractivity contribution in [3.8, 4) is 33.8 Å². The summed E-state index contributed by atoms with van der Waals surface area (Å²) >= 11 is 0. The molecule has 0 amide bonds. The van der Waals surface area contributed by atoms with Gasteiger partial charge in [-0.2, -0.15) is 0 Å². The highest BCUT2D eigenvalue weighted by Gasteiger charge is 2.23. The second-order valence-corrected chi connectivity index (χ2v) is 8.75. The lowest BCUT2D eigenvalue weighted by Crippen LogP contribution is -2.06. The van der Waals surface area contributed by atoms with Crippen molar-refractivity contribution in [1.82, 2.24) is 0 Å². The minimum absolute atomic E-state index is 0.850. The van der Waals surface area contributed by atoms with Gasteiger partial charge >= 0.3 is 0 Å². The van der Waals surface area contributed by atoms with Gasteiger partial charge in [0.05, 0.1) is 14.2 Å². The maximum Gasteiger partial charge on any atom is 0.126 e. The summed E-state index contributed by atoms with van der Waals surface area (Å²) in [6.45, 7) is 9.07. The number of hydrogen-bond acceptors (Lipinski definition) is 2. The normalized spacial score (nSPS) is 11.0. The summed E-state index contributed by atoms with van der Waals surface area (Å²) in [5, 5.41) is 0. The molecule has 0 saturated carbocycles. The van der Waals surface area contributed by atoms with Gasteiger partial charge in [0.1, 0.15) is 11.5 Å². The summed E-state index contributed by atoms with van der Waals surface area (Å²) in [7, 11) is 3.50. The summed E-state index contributed by atoms with van der Waals surface area (Å²) in [6.07, 6.45) is 7.51. The summed E-state index contributed by atoms with van der Waals surface area (Å²) in [4.78, 5) is 0. The Balaban J connectivity index is 2.49. The molecule has 3 aromatic rings. The fraction of sp³-hybridized carbons (Fsp3) is 0.419. The second kappa shape index (κ2) is 11.9. The molecule has 0 bridgehead atoms. The Morgan fingerprint density at radius 1 is 0.636 bits per heavy atom. The molecule has 0 unspecified atom stereocenters. The van der Waals surface area contributed by atoms with Crippen LogP contribution in [-0.4, -0.2) is 14.2 Å². The van der Waals surface area contributed by atoms with E-state index in [4.69, 9.17) is 9.47 Å². The second-order valence-electron chi connectivity index (χ2n) is 8.75. The first-order chi connectivity index (χ1) is 16.1. The van der Waals surface area contributed by atoms with Gasteiger partial charge in [-0.15, -0.1) is 0 Å². The van der Waals surface area contributed by atoms with Crippen LogP contribution in [0.15, 0.2) is 48.5 Å². The topological polar surface area (TPSA) is 18.5 Å². The highest BCUT2D eigenvalue weighted by Crippen LogP contribution is 2.44. The number of aryl methyl sites for hydroxylation is 2. The van der Waals surface area contributed by atoms with Gasteiger partial charge in [0.2, 0.25) is 0 Å². The van der Waals surface area contributed by atoms with E-state index in [0.29, 0.717) is 0 Å². The zero-order valence-corrected chi connectivity index (χ0v) is 21.4. The van der Waals surface area contributed by atoms with E-state index in [9.17, 15) is 0 Å². The van der Waals surface area contributed by atoms with Crippen molar-refractivity contribution in [1.29, 1.82) is 0 Å². The van der Waals surface area contributed by atoms with Gasteiger partial charge in [-0.1, -0.05) is 83.4 Å². The molecule has 0 heterocycles. The van der Waals surface area contributed by atoms with Gasteiger partial charge in [0.15, 0.2) is 0 Å². The SMILES string of the molecule is CCCc1cc(CCC)c(-c2cc(OC)cc(OC)c2CC)c(CCC)c1-c1ccccc1. The van der Waals surface area contributed by atoms with Crippen LogP contribution < -0.4 is 9.47 Å².